The molecule has 0 unspecified atom stereocenters. The molecule has 2 heteroatoms. The summed E-state index contributed by atoms with van der Waals surface area (Å²) in [6, 6.07) is 9.63. The van der Waals surface area contributed by atoms with Gasteiger partial charge in [0.2, 0.25) is 0 Å². The van der Waals surface area contributed by atoms with Crippen LogP contribution in [0.3, 0.4) is 0 Å². The summed E-state index contributed by atoms with van der Waals surface area (Å²) in [5, 5.41) is 3.65. The molecule has 0 bridgehead atoms. The normalized spacial score (nSPS) is 25.5. The van der Waals surface area contributed by atoms with E-state index in [-0.39, 0.29) is 0 Å². The molecule has 1 N–H and O–H groups in total. The summed E-state index contributed by atoms with van der Waals surface area (Å²) in [6.45, 7) is 4.83. The largest absolute Gasteiger partial charge is 0.313 e. The second-order valence-electron chi connectivity index (χ2n) is 5.40. The van der Waals surface area contributed by atoms with Crippen LogP contribution in [0.4, 0.5) is 0 Å². The number of benzene rings is 1. The van der Waals surface area contributed by atoms with E-state index < -0.39 is 0 Å². The van der Waals surface area contributed by atoms with Crippen LogP contribution in [0.2, 0.25) is 0 Å². The molecule has 1 atom stereocenters. The third kappa shape index (κ3) is 2.70. The van der Waals surface area contributed by atoms with E-state index in [1.807, 2.05) is 0 Å². The molecule has 1 fully saturated rings. The van der Waals surface area contributed by atoms with Gasteiger partial charge < -0.3 is 5.32 Å². The second kappa shape index (κ2) is 5.19. The van der Waals surface area contributed by atoms with E-state index in [4.69, 9.17) is 0 Å². The van der Waals surface area contributed by atoms with Crippen LogP contribution in [0.1, 0.15) is 30.4 Å². The van der Waals surface area contributed by atoms with E-state index in [0.717, 1.165) is 12.6 Å². The van der Waals surface area contributed by atoms with Crippen LogP contribution < -0.4 is 5.32 Å². The lowest BCUT2D eigenvalue weighted by Crippen LogP contribution is -2.45. The SMILES string of the molecule is c1ccc2c(c1)CCN(C[C@@H]1CCCCN1)C2. The lowest BCUT2D eigenvalue weighted by atomic mass is 9.98. The minimum absolute atomic E-state index is 0.731. The van der Waals surface area contributed by atoms with E-state index in [0.29, 0.717) is 0 Å². The van der Waals surface area contributed by atoms with Crippen LogP contribution >= 0.6 is 0 Å². The zero-order valence-corrected chi connectivity index (χ0v) is 10.5. The molecule has 2 nitrogen and oxygen atoms in total. The highest BCUT2D eigenvalue weighted by Crippen LogP contribution is 2.19. The van der Waals surface area contributed by atoms with Crippen LogP contribution in [0, 0.1) is 0 Å². The Morgan fingerprint density at radius 1 is 1.18 bits per heavy atom. The number of rotatable bonds is 2. The molecule has 1 aromatic rings. The van der Waals surface area contributed by atoms with Crippen molar-refractivity contribution in [3.05, 3.63) is 35.4 Å². The predicted molar refractivity (Wildman–Crippen MR) is 71.1 cm³/mol. The lowest BCUT2D eigenvalue weighted by Gasteiger charge is -2.33. The topological polar surface area (TPSA) is 15.3 Å². The maximum atomic E-state index is 3.65. The van der Waals surface area contributed by atoms with Gasteiger partial charge >= 0.3 is 0 Å². The fourth-order valence-electron chi connectivity index (χ4n) is 3.10. The number of nitrogens with one attached hydrogen (secondary N) is 1. The first kappa shape index (κ1) is 11.2. The third-order valence-corrected chi connectivity index (χ3v) is 4.10. The number of nitrogens with zero attached hydrogens (tertiary/aromatic N) is 1. The monoisotopic (exact) mass is 230 g/mol. The molecule has 2 aliphatic rings. The fraction of sp³-hybridized carbons (Fsp3) is 0.600. The average Bonchev–Trinajstić information content (AvgIpc) is 2.40. The Kier molecular flexibility index (Phi) is 3.44. The molecular formula is C15H22N2. The molecule has 2 aliphatic heterocycles. The Balaban J connectivity index is 1.60. The molecule has 0 amide bonds. The minimum Gasteiger partial charge on any atom is -0.313 e. The van der Waals surface area contributed by atoms with Crippen molar-refractivity contribution in [1.82, 2.24) is 10.2 Å². The standard InChI is InChI=1S/C15H22N2/c1-2-6-14-11-17(10-8-13(14)5-1)12-15-7-3-4-9-16-15/h1-2,5-6,15-16H,3-4,7-12H2/t15-/m0/s1. The van der Waals surface area contributed by atoms with Gasteiger partial charge in [0.1, 0.15) is 0 Å². The maximum Gasteiger partial charge on any atom is 0.0237 e. The third-order valence-electron chi connectivity index (χ3n) is 4.10. The van der Waals surface area contributed by atoms with Crippen molar-refractivity contribution in [2.24, 2.45) is 0 Å². The molecule has 3 rings (SSSR count). The highest BCUT2D eigenvalue weighted by molar-refractivity contribution is 5.29. The molecule has 92 valence electrons. The lowest BCUT2D eigenvalue weighted by molar-refractivity contribution is 0.209. The van der Waals surface area contributed by atoms with Gasteiger partial charge in [-0.2, -0.15) is 0 Å². The summed E-state index contributed by atoms with van der Waals surface area (Å²) in [5.74, 6) is 0. The molecule has 0 spiro atoms. The van der Waals surface area contributed by atoms with Crippen molar-refractivity contribution >= 4 is 0 Å². The van der Waals surface area contributed by atoms with E-state index in [1.165, 1.54) is 50.9 Å². The Labute approximate surface area is 104 Å². The van der Waals surface area contributed by atoms with Crippen molar-refractivity contribution < 1.29 is 0 Å². The van der Waals surface area contributed by atoms with Crippen molar-refractivity contribution in [3.8, 4) is 0 Å². The van der Waals surface area contributed by atoms with E-state index >= 15 is 0 Å². The van der Waals surface area contributed by atoms with Crippen molar-refractivity contribution in [2.75, 3.05) is 19.6 Å². The van der Waals surface area contributed by atoms with Crippen LogP contribution in [-0.2, 0) is 13.0 Å². The summed E-state index contributed by atoms with van der Waals surface area (Å²) < 4.78 is 0. The number of piperidine rings is 1. The van der Waals surface area contributed by atoms with Gasteiger partial charge in [-0.25, -0.2) is 0 Å². The van der Waals surface area contributed by atoms with Gasteiger partial charge in [0, 0.05) is 25.7 Å². The van der Waals surface area contributed by atoms with Crippen molar-refractivity contribution in [1.29, 1.82) is 0 Å². The molecular weight excluding hydrogens is 208 g/mol. The summed E-state index contributed by atoms with van der Waals surface area (Å²) >= 11 is 0. The van der Waals surface area contributed by atoms with Gasteiger partial charge in [-0.3, -0.25) is 4.90 Å². The van der Waals surface area contributed by atoms with Crippen LogP contribution in [-0.4, -0.2) is 30.6 Å². The molecule has 1 aromatic carbocycles. The maximum absolute atomic E-state index is 3.65. The highest BCUT2D eigenvalue weighted by Gasteiger charge is 2.20. The highest BCUT2D eigenvalue weighted by atomic mass is 15.2. The van der Waals surface area contributed by atoms with Crippen molar-refractivity contribution in [2.45, 2.75) is 38.3 Å². The second-order valence-corrected chi connectivity index (χ2v) is 5.40. The zero-order chi connectivity index (χ0) is 11.5. The van der Waals surface area contributed by atoms with Gasteiger partial charge in [0.15, 0.2) is 0 Å². The van der Waals surface area contributed by atoms with Gasteiger partial charge in [-0.15, -0.1) is 0 Å². The number of hydrogen-bond acceptors (Lipinski definition) is 2. The zero-order valence-electron chi connectivity index (χ0n) is 10.5. The van der Waals surface area contributed by atoms with Crippen molar-refractivity contribution in [3.63, 3.8) is 0 Å². The summed E-state index contributed by atoms with van der Waals surface area (Å²) in [6.07, 6.45) is 5.35. The van der Waals surface area contributed by atoms with E-state index in [9.17, 15) is 0 Å². The van der Waals surface area contributed by atoms with Crippen LogP contribution in [0.5, 0.6) is 0 Å². The summed E-state index contributed by atoms with van der Waals surface area (Å²) in [5.41, 5.74) is 3.09. The van der Waals surface area contributed by atoms with Gasteiger partial charge in [0.25, 0.3) is 0 Å². The van der Waals surface area contributed by atoms with Gasteiger partial charge in [-0.1, -0.05) is 30.7 Å². The first-order valence-corrected chi connectivity index (χ1v) is 6.94. The molecule has 0 aliphatic carbocycles. The Hall–Kier alpha value is -0.860. The molecule has 0 radical (unpaired) electrons. The predicted octanol–water partition coefficient (Wildman–Crippen LogP) is 2.19. The Morgan fingerprint density at radius 2 is 2.06 bits per heavy atom. The molecule has 1 saturated heterocycles. The molecule has 0 aromatic heterocycles. The van der Waals surface area contributed by atoms with E-state index in [1.54, 1.807) is 5.56 Å². The molecule has 2 heterocycles. The average molecular weight is 230 g/mol. The number of hydrogen-bond donors (Lipinski definition) is 1. The fourth-order valence-corrected chi connectivity index (χ4v) is 3.10. The Morgan fingerprint density at radius 3 is 2.88 bits per heavy atom. The molecule has 0 saturated carbocycles. The molecule has 17 heavy (non-hydrogen) atoms. The smallest absolute Gasteiger partial charge is 0.0237 e. The minimum atomic E-state index is 0.731. The number of fused-ring (bicyclic) bond motifs is 1. The first-order chi connectivity index (χ1) is 8.42. The van der Waals surface area contributed by atoms with E-state index in [2.05, 4.69) is 34.5 Å². The summed E-state index contributed by atoms with van der Waals surface area (Å²) in [4.78, 5) is 2.62. The van der Waals surface area contributed by atoms with Crippen LogP contribution in [0.25, 0.3) is 0 Å². The quantitative estimate of drug-likeness (QED) is 0.838. The summed E-state index contributed by atoms with van der Waals surface area (Å²) in [7, 11) is 0. The van der Waals surface area contributed by atoms with Gasteiger partial charge in [0.05, 0.1) is 0 Å². The first-order valence-electron chi connectivity index (χ1n) is 6.94. The Bertz CT molecular complexity index is 369. The van der Waals surface area contributed by atoms with Gasteiger partial charge in [-0.05, 0) is 36.9 Å². The van der Waals surface area contributed by atoms with Crippen LogP contribution in [0.15, 0.2) is 24.3 Å².